The fourth-order valence-electron chi connectivity index (χ4n) is 1.57. The number of carbonyl (C=O) groups is 1. The van der Waals surface area contributed by atoms with E-state index < -0.39 is 10.9 Å². The van der Waals surface area contributed by atoms with Crippen molar-refractivity contribution in [1.82, 2.24) is 9.97 Å². The third-order valence-electron chi connectivity index (χ3n) is 2.52. The molecular weight excluding hydrogens is 302 g/mol. The van der Waals surface area contributed by atoms with Crippen molar-refractivity contribution in [2.75, 3.05) is 0 Å². The normalized spacial score (nSPS) is 10.1. The fourth-order valence-corrected chi connectivity index (χ4v) is 1.80. The molecule has 1 aromatic carbocycles. The van der Waals surface area contributed by atoms with Crippen LogP contribution in [0, 0.1) is 10.1 Å². The van der Waals surface area contributed by atoms with Crippen molar-refractivity contribution < 1.29 is 19.6 Å². The Morgan fingerprint density at radius 1 is 1.48 bits per heavy atom. The highest BCUT2D eigenvalue weighted by Crippen LogP contribution is 2.34. The molecule has 0 unspecified atom stereocenters. The molecule has 0 saturated carbocycles. The first-order chi connectivity index (χ1) is 10.0. The smallest absolute Gasteiger partial charge is 0.339 e. The zero-order chi connectivity index (χ0) is 15.4. The van der Waals surface area contributed by atoms with E-state index in [0.29, 0.717) is 0 Å². The van der Waals surface area contributed by atoms with Crippen LogP contribution in [0.4, 0.5) is 5.69 Å². The number of hydrogen-bond donors (Lipinski definition) is 1. The van der Waals surface area contributed by atoms with Gasteiger partial charge in [0.25, 0.3) is 0 Å². The topological polar surface area (TPSA) is 115 Å². The Morgan fingerprint density at radius 3 is 2.90 bits per heavy atom. The van der Waals surface area contributed by atoms with Gasteiger partial charge in [-0.25, -0.2) is 14.8 Å². The van der Waals surface area contributed by atoms with Gasteiger partial charge in [-0.2, -0.15) is 0 Å². The third-order valence-corrected chi connectivity index (χ3v) is 2.82. The second kappa shape index (κ2) is 6.14. The van der Waals surface area contributed by atoms with Crippen molar-refractivity contribution in [3.63, 3.8) is 0 Å². The first kappa shape index (κ1) is 14.7. The first-order valence-electron chi connectivity index (χ1n) is 5.58. The fraction of sp³-hybridized carbons (Fsp3) is 0.0833. The minimum Gasteiger partial charge on any atom is -0.479 e. The molecule has 9 heteroatoms. The van der Waals surface area contributed by atoms with Crippen LogP contribution in [0.25, 0.3) is 0 Å². The summed E-state index contributed by atoms with van der Waals surface area (Å²) >= 11 is 5.86. The van der Waals surface area contributed by atoms with Crippen molar-refractivity contribution in [3.05, 3.63) is 57.1 Å². The van der Waals surface area contributed by atoms with Crippen molar-refractivity contribution in [3.8, 4) is 5.75 Å². The number of hydrogen-bond acceptors (Lipinski definition) is 6. The summed E-state index contributed by atoms with van der Waals surface area (Å²) in [6.45, 7) is -0.283. The maximum atomic E-state index is 11.0. The van der Waals surface area contributed by atoms with E-state index in [-0.39, 0.29) is 34.3 Å². The largest absolute Gasteiger partial charge is 0.479 e. The lowest BCUT2D eigenvalue weighted by Crippen LogP contribution is -2.09. The van der Waals surface area contributed by atoms with E-state index in [1.807, 2.05) is 0 Å². The van der Waals surface area contributed by atoms with E-state index in [0.717, 1.165) is 12.5 Å². The van der Waals surface area contributed by atoms with Gasteiger partial charge < -0.3 is 9.84 Å². The predicted octanol–water partition coefficient (Wildman–Crippen LogP) is 2.32. The summed E-state index contributed by atoms with van der Waals surface area (Å²) in [7, 11) is 0. The van der Waals surface area contributed by atoms with E-state index >= 15 is 0 Å². The van der Waals surface area contributed by atoms with Gasteiger partial charge >= 0.3 is 11.7 Å². The van der Waals surface area contributed by atoms with Crippen molar-refractivity contribution in [1.29, 1.82) is 0 Å². The van der Waals surface area contributed by atoms with Crippen LogP contribution in [-0.2, 0) is 6.61 Å². The number of aromatic carboxylic acids is 1. The summed E-state index contributed by atoms with van der Waals surface area (Å²) in [5.41, 5.74) is -0.368. The molecule has 0 fully saturated rings. The highest BCUT2D eigenvalue weighted by atomic mass is 35.5. The van der Waals surface area contributed by atoms with Gasteiger partial charge in [0.2, 0.25) is 5.75 Å². The third kappa shape index (κ3) is 3.23. The Balaban J connectivity index is 2.29. The number of nitrogens with zero attached hydrogens (tertiary/aromatic N) is 3. The number of carboxylic acid groups (broad SMARTS) is 1. The molecule has 8 nitrogen and oxygen atoms in total. The van der Waals surface area contributed by atoms with Crippen LogP contribution in [0.3, 0.4) is 0 Å². The summed E-state index contributed by atoms with van der Waals surface area (Å²) in [5.74, 6) is -1.36. The maximum absolute atomic E-state index is 11.0. The summed E-state index contributed by atoms with van der Waals surface area (Å²) in [5, 5.41) is 19.9. The Bertz CT molecular complexity index is 707. The van der Waals surface area contributed by atoms with Crippen LogP contribution in [0.2, 0.25) is 5.02 Å². The lowest BCUT2D eigenvalue weighted by molar-refractivity contribution is -0.385. The quantitative estimate of drug-likeness (QED) is 0.665. The Labute approximate surface area is 123 Å². The van der Waals surface area contributed by atoms with E-state index in [1.54, 1.807) is 0 Å². The molecule has 0 aliphatic heterocycles. The minimum absolute atomic E-state index is 0.0510. The van der Waals surface area contributed by atoms with Gasteiger partial charge in [0, 0.05) is 12.3 Å². The second-order valence-corrected chi connectivity index (χ2v) is 4.23. The molecule has 2 aromatic rings. The molecule has 1 heterocycles. The summed E-state index contributed by atoms with van der Waals surface area (Å²) in [6, 6.07) is 4.09. The van der Waals surface area contributed by atoms with Gasteiger partial charge in [0.1, 0.15) is 18.5 Å². The zero-order valence-electron chi connectivity index (χ0n) is 10.4. The van der Waals surface area contributed by atoms with Crippen LogP contribution >= 0.6 is 11.6 Å². The Kier molecular flexibility index (Phi) is 4.29. The molecule has 1 aromatic heterocycles. The molecule has 0 amide bonds. The molecule has 2 rings (SSSR count). The van der Waals surface area contributed by atoms with Gasteiger partial charge in [-0.3, -0.25) is 10.1 Å². The molecule has 0 radical (unpaired) electrons. The number of carboxylic acids is 1. The molecule has 21 heavy (non-hydrogen) atoms. The average molecular weight is 310 g/mol. The molecule has 0 bridgehead atoms. The number of para-hydroxylation sites is 1. The summed E-state index contributed by atoms with van der Waals surface area (Å²) < 4.78 is 5.28. The van der Waals surface area contributed by atoms with Gasteiger partial charge in [-0.15, -0.1) is 0 Å². The van der Waals surface area contributed by atoms with Gasteiger partial charge in [0.05, 0.1) is 15.6 Å². The molecule has 0 atom stereocenters. The number of benzene rings is 1. The molecule has 108 valence electrons. The highest BCUT2D eigenvalue weighted by molar-refractivity contribution is 6.32. The van der Waals surface area contributed by atoms with E-state index in [4.69, 9.17) is 21.4 Å². The molecule has 0 aliphatic carbocycles. The lowest BCUT2D eigenvalue weighted by atomic mass is 10.2. The molecular formula is C12H8ClN3O5. The monoisotopic (exact) mass is 309 g/mol. The SMILES string of the molecule is O=C(O)c1cncnc1COc1c(Cl)cccc1[N+](=O)[O-]. The average Bonchev–Trinajstić information content (AvgIpc) is 2.45. The lowest BCUT2D eigenvalue weighted by Gasteiger charge is -2.09. The summed E-state index contributed by atoms with van der Waals surface area (Å²) in [4.78, 5) is 28.7. The number of halogens is 1. The van der Waals surface area contributed by atoms with Crippen LogP contribution in [0.15, 0.2) is 30.7 Å². The number of nitro groups is 1. The van der Waals surface area contributed by atoms with Crippen LogP contribution < -0.4 is 4.74 Å². The van der Waals surface area contributed by atoms with Gasteiger partial charge in [-0.1, -0.05) is 17.7 Å². The van der Waals surface area contributed by atoms with Crippen LogP contribution in [0.1, 0.15) is 16.1 Å². The zero-order valence-corrected chi connectivity index (χ0v) is 11.1. The minimum atomic E-state index is -1.22. The molecule has 1 N–H and O–H groups in total. The number of nitro benzene ring substituents is 1. The van der Waals surface area contributed by atoms with E-state index in [2.05, 4.69) is 9.97 Å². The predicted molar refractivity (Wildman–Crippen MR) is 71.4 cm³/mol. The van der Waals surface area contributed by atoms with Crippen molar-refractivity contribution in [2.45, 2.75) is 6.61 Å². The maximum Gasteiger partial charge on any atom is 0.339 e. The van der Waals surface area contributed by atoms with Gasteiger partial charge in [-0.05, 0) is 6.07 Å². The van der Waals surface area contributed by atoms with Crippen LogP contribution in [-0.4, -0.2) is 26.0 Å². The first-order valence-corrected chi connectivity index (χ1v) is 5.96. The second-order valence-electron chi connectivity index (χ2n) is 3.82. The van der Waals surface area contributed by atoms with Crippen molar-refractivity contribution >= 4 is 23.3 Å². The van der Waals surface area contributed by atoms with E-state index in [1.165, 1.54) is 18.2 Å². The number of aromatic nitrogens is 2. The Hall–Kier alpha value is -2.74. The molecule has 0 aliphatic rings. The molecule has 0 saturated heterocycles. The standard InChI is InChI=1S/C12H8ClN3O5/c13-8-2-1-3-10(16(19)20)11(8)21-5-9-7(12(17)18)4-14-6-15-9/h1-4,6H,5H2,(H,17,18). The van der Waals surface area contributed by atoms with Crippen LogP contribution in [0.5, 0.6) is 5.75 Å². The Morgan fingerprint density at radius 2 is 2.24 bits per heavy atom. The van der Waals surface area contributed by atoms with Gasteiger partial charge in [0.15, 0.2) is 0 Å². The molecule has 0 spiro atoms. The van der Waals surface area contributed by atoms with E-state index in [9.17, 15) is 14.9 Å². The number of ether oxygens (including phenoxy) is 1. The van der Waals surface area contributed by atoms with Crippen molar-refractivity contribution in [2.24, 2.45) is 0 Å². The number of rotatable bonds is 5. The summed E-state index contributed by atoms with van der Waals surface area (Å²) in [6.07, 6.45) is 2.28. The highest BCUT2D eigenvalue weighted by Gasteiger charge is 2.20.